The summed E-state index contributed by atoms with van der Waals surface area (Å²) in [7, 11) is 0. The highest BCUT2D eigenvalue weighted by Crippen LogP contribution is 2.21. The molecule has 3 rings (SSSR count). The van der Waals surface area contributed by atoms with E-state index >= 15 is 0 Å². The molecule has 0 radical (unpaired) electrons. The van der Waals surface area contributed by atoms with Gasteiger partial charge in [0.15, 0.2) is 0 Å². The number of nitrogens with one attached hydrogen (secondary N) is 1. The van der Waals surface area contributed by atoms with Gasteiger partial charge in [0.25, 0.3) is 0 Å². The molecule has 0 fully saturated rings. The quantitative estimate of drug-likeness (QED) is 0.666. The second kappa shape index (κ2) is 7.77. The van der Waals surface area contributed by atoms with Crippen LogP contribution in [0.4, 0.5) is 11.4 Å². The Bertz CT molecular complexity index is 887. The van der Waals surface area contributed by atoms with Crippen LogP contribution in [0.25, 0.3) is 11.4 Å². The lowest BCUT2D eigenvalue weighted by molar-refractivity contribution is -0.117. The zero-order chi connectivity index (χ0) is 18.5. The third-order valence-electron chi connectivity index (χ3n) is 4.32. The lowest BCUT2D eigenvalue weighted by Crippen LogP contribution is -2.20. The van der Waals surface area contributed by atoms with E-state index < -0.39 is 0 Å². The number of tetrazole rings is 1. The van der Waals surface area contributed by atoms with E-state index in [0.717, 1.165) is 12.1 Å². The molecule has 1 amide bonds. The van der Waals surface area contributed by atoms with Gasteiger partial charge in [-0.15, -0.1) is 10.2 Å². The normalized spacial score (nSPS) is 11.9. The van der Waals surface area contributed by atoms with E-state index in [1.54, 1.807) is 6.07 Å². The first-order valence-corrected chi connectivity index (χ1v) is 8.59. The minimum Gasteiger partial charge on any atom is -0.398 e. The van der Waals surface area contributed by atoms with Gasteiger partial charge in [-0.2, -0.15) is 4.80 Å². The summed E-state index contributed by atoms with van der Waals surface area (Å²) in [6.45, 7) is 4.32. The molecule has 0 aliphatic carbocycles. The van der Waals surface area contributed by atoms with E-state index in [2.05, 4.69) is 34.6 Å². The number of anilines is 2. The number of rotatable bonds is 6. The van der Waals surface area contributed by atoms with Crippen LogP contribution < -0.4 is 11.1 Å². The van der Waals surface area contributed by atoms with E-state index in [-0.39, 0.29) is 12.5 Å². The first-order chi connectivity index (χ1) is 12.6. The van der Waals surface area contributed by atoms with Crippen LogP contribution in [0.2, 0.25) is 0 Å². The van der Waals surface area contributed by atoms with Crippen LogP contribution in [-0.2, 0) is 11.3 Å². The SMILES string of the molecule is CCC(C)c1ccc(NC(=O)Cn2nnc(-c3ccccc3N)n2)cc1. The Balaban J connectivity index is 1.63. The van der Waals surface area contributed by atoms with Crippen molar-refractivity contribution >= 4 is 17.3 Å². The summed E-state index contributed by atoms with van der Waals surface area (Å²) in [5.41, 5.74) is 9.18. The standard InChI is InChI=1S/C19H22N6O/c1-3-13(2)14-8-10-15(11-9-14)21-18(26)12-25-23-19(22-24-25)16-6-4-5-7-17(16)20/h4-11,13H,3,12,20H2,1-2H3,(H,21,26). The van der Waals surface area contributed by atoms with E-state index in [4.69, 9.17) is 5.73 Å². The molecule has 3 N–H and O–H groups in total. The second-order valence-electron chi connectivity index (χ2n) is 6.21. The van der Waals surface area contributed by atoms with E-state index in [0.29, 0.717) is 23.0 Å². The van der Waals surface area contributed by atoms with Crippen molar-refractivity contribution in [2.24, 2.45) is 0 Å². The van der Waals surface area contributed by atoms with Gasteiger partial charge in [0.05, 0.1) is 0 Å². The van der Waals surface area contributed by atoms with Crippen molar-refractivity contribution in [1.82, 2.24) is 20.2 Å². The molecule has 0 spiro atoms. The Hall–Kier alpha value is -3.22. The van der Waals surface area contributed by atoms with Crippen LogP contribution in [0.1, 0.15) is 31.7 Å². The van der Waals surface area contributed by atoms with Crippen molar-refractivity contribution in [3.05, 3.63) is 54.1 Å². The minimum absolute atomic E-state index is 0.0210. The number of amides is 1. The van der Waals surface area contributed by atoms with Crippen molar-refractivity contribution in [3.63, 3.8) is 0 Å². The molecule has 0 aliphatic rings. The third kappa shape index (κ3) is 4.05. The predicted octanol–water partition coefficient (Wildman–Crippen LogP) is 3.07. The molecule has 3 aromatic rings. The first-order valence-electron chi connectivity index (χ1n) is 8.59. The molecule has 1 heterocycles. The highest BCUT2D eigenvalue weighted by molar-refractivity contribution is 5.90. The van der Waals surface area contributed by atoms with E-state index in [1.165, 1.54) is 10.4 Å². The summed E-state index contributed by atoms with van der Waals surface area (Å²) in [5.74, 6) is 0.683. The Labute approximate surface area is 152 Å². The van der Waals surface area contributed by atoms with Crippen molar-refractivity contribution in [2.75, 3.05) is 11.1 Å². The molecule has 0 aliphatic heterocycles. The molecular weight excluding hydrogens is 328 g/mol. The molecule has 0 saturated carbocycles. The van der Waals surface area contributed by atoms with Gasteiger partial charge in [-0.25, -0.2) is 0 Å². The smallest absolute Gasteiger partial charge is 0.248 e. The van der Waals surface area contributed by atoms with Crippen LogP contribution in [0.15, 0.2) is 48.5 Å². The zero-order valence-electron chi connectivity index (χ0n) is 14.9. The minimum atomic E-state index is -0.216. The van der Waals surface area contributed by atoms with Crippen molar-refractivity contribution in [1.29, 1.82) is 0 Å². The fourth-order valence-corrected chi connectivity index (χ4v) is 2.58. The van der Waals surface area contributed by atoms with Gasteiger partial charge in [-0.3, -0.25) is 4.79 Å². The molecule has 7 heteroatoms. The highest BCUT2D eigenvalue weighted by atomic mass is 16.2. The first kappa shape index (κ1) is 17.6. The molecule has 1 aromatic heterocycles. The summed E-state index contributed by atoms with van der Waals surface area (Å²) in [6, 6.07) is 15.2. The fraction of sp³-hybridized carbons (Fsp3) is 0.263. The van der Waals surface area contributed by atoms with Crippen LogP contribution in [0.5, 0.6) is 0 Å². The van der Waals surface area contributed by atoms with Crippen LogP contribution in [-0.4, -0.2) is 26.1 Å². The number of nitrogens with zero attached hydrogens (tertiary/aromatic N) is 4. The number of para-hydroxylation sites is 1. The molecule has 1 unspecified atom stereocenters. The number of hydrogen-bond donors (Lipinski definition) is 2. The molecule has 1 atom stereocenters. The van der Waals surface area contributed by atoms with E-state index in [1.807, 2.05) is 42.5 Å². The Morgan fingerprint density at radius 3 is 2.62 bits per heavy atom. The van der Waals surface area contributed by atoms with Crippen LogP contribution >= 0.6 is 0 Å². The van der Waals surface area contributed by atoms with Gasteiger partial charge in [0.1, 0.15) is 6.54 Å². The molecule has 26 heavy (non-hydrogen) atoms. The van der Waals surface area contributed by atoms with Gasteiger partial charge in [-0.05, 0) is 47.4 Å². The number of aromatic nitrogens is 4. The summed E-state index contributed by atoms with van der Waals surface area (Å²) < 4.78 is 0. The Morgan fingerprint density at radius 1 is 1.19 bits per heavy atom. The van der Waals surface area contributed by atoms with Crippen molar-refractivity contribution < 1.29 is 4.79 Å². The second-order valence-corrected chi connectivity index (χ2v) is 6.21. The molecule has 2 aromatic carbocycles. The summed E-state index contributed by atoms with van der Waals surface area (Å²) in [5, 5.41) is 15.0. The molecular formula is C19H22N6O. The Morgan fingerprint density at radius 2 is 1.92 bits per heavy atom. The molecule has 7 nitrogen and oxygen atoms in total. The molecule has 0 bridgehead atoms. The highest BCUT2D eigenvalue weighted by Gasteiger charge is 2.11. The maximum absolute atomic E-state index is 12.2. The number of carbonyl (C=O) groups excluding carboxylic acids is 1. The number of hydrogen-bond acceptors (Lipinski definition) is 5. The number of nitrogens with two attached hydrogens (primary N) is 1. The van der Waals surface area contributed by atoms with Crippen LogP contribution in [0.3, 0.4) is 0 Å². The van der Waals surface area contributed by atoms with Gasteiger partial charge >= 0.3 is 0 Å². The summed E-state index contributed by atoms with van der Waals surface area (Å²) in [6.07, 6.45) is 1.08. The topological polar surface area (TPSA) is 98.7 Å². The van der Waals surface area contributed by atoms with Crippen LogP contribution in [0, 0.1) is 0 Å². The predicted molar refractivity (Wildman–Crippen MR) is 101 cm³/mol. The van der Waals surface area contributed by atoms with Crippen molar-refractivity contribution in [3.8, 4) is 11.4 Å². The summed E-state index contributed by atoms with van der Waals surface area (Å²) in [4.78, 5) is 13.5. The molecule has 134 valence electrons. The average molecular weight is 350 g/mol. The van der Waals surface area contributed by atoms with Gasteiger partial charge in [-0.1, -0.05) is 38.1 Å². The van der Waals surface area contributed by atoms with Gasteiger partial charge < -0.3 is 11.1 Å². The maximum atomic E-state index is 12.2. The lowest BCUT2D eigenvalue weighted by Gasteiger charge is -2.10. The zero-order valence-corrected chi connectivity index (χ0v) is 14.9. The largest absolute Gasteiger partial charge is 0.398 e. The third-order valence-corrected chi connectivity index (χ3v) is 4.32. The number of benzene rings is 2. The fourth-order valence-electron chi connectivity index (χ4n) is 2.58. The number of carbonyl (C=O) groups is 1. The average Bonchev–Trinajstić information content (AvgIpc) is 3.10. The van der Waals surface area contributed by atoms with E-state index in [9.17, 15) is 4.79 Å². The van der Waals surface area contributed by atoms with Crippen molar-refractivity contribution in [2.45, 2.75) is 32.7 Å². The monoisotopic (exact) mass is 350 g/mol. The van der Waals surface area contributed by atoms with Gasteiger partial charge in [0, 0.05) is 16.9 Å². The molecule has 0 saturated heterocycles. The van der Waals surface area contributed by atoms with Gasteiger partial charge in [0.2, 0.25) is 11.7 Å². The maximum Gasteiger partial charge on any atom is 0.248 e. The Kier molecular flexibility index (Phi) is 5.26. The number of nitrogen functional groups attached to an aromatic ring is 1. The summed E-state index contributed by atoms with van der Waals surface area (Å²) >= 11 is 0. The lowest BCUT2D eigenvalue weighted by atomic mass is 9.99.